The van der Waals surface area contributed by atoms with Gasteiger partial charge < -0.3 is 9.84 Å². The molecule has 2 aliphatic carbocycles. The van der Waals surface area contributed by atoms with Crippen molar-refractivity contribution in [3.05, 3.63) is 70.0 Å². The van der Waals surface area contributed by atoms with E-state index in [9.17, 15) is 19.1 Å². The SMILES string of the molecule is COC(=O)/C=C/c1cc(F)cc(N(C(=O)C2CC3CCC2C3)C(O)c2ccc(Br)cc2)c1. The van der Waals surface area contributed by atoms with Crippen LogP contribution in [0.5, 0.6) is 0 Å². The quantitative estimate of drug-likeness (QED) is 0.334. The number of carbonyl (C=O) groups is 2. The molecule has 2 aliphatic rings. The average molecular weight is 502 g/mol. The molecule has 4 rings (SSSR count). The molecule has 2 fully saturated rings. The Hall–Kier alpha value is -2.51. The fourth-order valence-electron chi connectivity index (χ4n) is 4.96. The van der Waals surface area contributed by atoms with E-state index in [2.05, 4.69) is 20.7 Å². The number of benzene rings is 2. The third kappa shape index (κ3) is 4.79. The lowest BCUT2D eigenvalue weighted by atomic mass is 9.87. The summed E-state index contributed by atoms with van der Waals surface area (Å²) in [5, 5.41) is 11.2. The van der Waals surface area contributed by atoms with E-state index in [1.54, 1.807) is 30.3 Å². The Morgan fingerprint density at radius 1 is 1.19 bits per heavy atom. The van der Waals surface area contributed by atoms with Gasteiger partial charge in [0.15, 0.2) is 6.23 Å². The number of rotatable bonds is 6. The number of ether oxygens (including phenoxy) is 1. The molecule has 4 atom stereocenters. The zero-order chi connectivity index (χ0) is 22.8. The van der Waals surface area contributed by atoms with E-state index in [0.717, 1.165) is 30.2 Å². The van der Waals surface area contributed by atoms with E-state index in [1.165, 1.54) is 36.3 Å². The molecule has 7 heteroatoms. The largest absolute Gasteiger partial charge is 0.466 e. The highest BCUT2D eigenvalue weighted by molar-refractivity contribution is 9.10. The molecule has 0 aromatic heterocycles. The second-order valence-corrected chi connectivity index (χ2v) is 9.43. The molecule has 0 heterocycles. The number of aliphatic hydroxyl groups excluding tert-OH is 1. The van der Waals surface area contributed by atoms with Crippen LogP contribution in [-0.4, -0.2) is 24.1 Å². The minimum absolute atomic E-state index is 0.184. The molecule has 2 aromatic carbocycles. The Kier molecular flexibility index (Phi) is 6.76. The first-order valence-electron chi connectivity index (χ1n) is 10.7. The molecule has 1 N–H and O–H groups in total. The maximum absolute atomic E-state index is 14.5. The van der Waals surface area contributed by atoms with E-state index in [1.807, 2.05) is 0 Å². The van der Waals surface area contributed by atoms with Gasteiger partial charge in [-0.25, -0.2) is 9.18 Å². The summed E-state index contributed by atoms with van der Waals surface area (Å²) in [5.41, 5.74) is 1.16. The Morgan fingerprint density at radius 3 is 2.56 bits per heavy atom. The van der Waals surface area contributed by atoms with Gasteiger partial charge in [0.1, 0.15) is 5.82 Å². The fraction of sp³-hybridized carbons (Fsp3) is 0.360. The molecular formula is C25H25BrFNO4. The molecule has 0 spiro atoms. The van der Waals surface area contributed by atoms with Gasteiger partial charge in [-0.2, -0.15) is 0 Å². The molecule has 32 heavy (non-hydrogen) atoms. The van der Waals surface area contributed by atoms with Crippen molar-refractivity contribution in [2.45, 2.75) is 31.9 Å². The number of amides is 1. The van der Waals surface area contributed by atoms with Gasteiger partial charge in [0.2, 0.25) is 5.91 Å². The van der Waals surface area contributed by atoms with E-state index in [0.29, 0.717) is 23.0 Å². The van der Waals surface area contributed by atoms with Crippen LogP contribution in [0.1, 0.15) is 43.0 Å². The third-order valence-electron chi connectivity index (χ3n) is 6.50. The number of methoxy groups -OCH3 is 1. The van der Waals surface area contributed by atoms with E-state index in [-0.39, 0.29) is 17.5 Å². The fourth-order valence-corrected chi connectivity index (χ4v) is 5.23. The van der Waals surface area contributed by atoms with Crippen LogP contribution >= 0.6 is 15.9 Å². The Balaban J connectivity index is 1.72. The summed E-state index contributed by atoms with van der Waals surface area (Å²) in [4.78, 5) is 26.4. The number of hydrogen-bond acceptors (Lipinski definition) is 4. The van der Waals surface area contributed by atoms with Crippen LogP contribution < -0.4 is 4.90 Å². The molecule has 2 bridgehead atoms. The highest BCUT2D eigenvalue weighted by atomic mass is 79.9. The summed E-state index contributed by atoms with van der Waals surface area (Å²) in [5.74, 6) is -0.662. The molecule has 0 radical (unpaired) electrons. The van der Waals surface area contributed by atoms with Gasteiger partial charge in [-0.05, 0) is 73.1 Å². The minimum atomic E-state index is -1.27. The van der Waals surface area contributed by atoms with Crippen molar-refractivity contribution in [3.8, 4) is 0 Å². The predicted octanol–water partition coefficient (Wildman–Crippen LogP) is 5.23. The van der Waals surface area contributed by atoms with Gasteiger partial charge in [0.25, 0.3) is 0 Å². The molecule has 2 aromatic rings. The van der Waals surface area contributed by atoms with E-state index in [4.69, 9.17) is 0 Å². The first-order valence-corrected chi connectivity index (χ1v) is 11.5. The number of halogens is 2. The second kappa shape index (κ2) is 9.55. The third-order valence-corrected chi connectivity index (χ3v) is 7.03. The second-order valence-electron chi connectivity index (χ2n) is 8.51. The Morgan fingerprint density at radius 2 is 1.94 bits per heavy atom. The molecule has 168 valence electrons. The molecule has 4 unspecified atom stereocenters. The summed E-state index contributed by atoms with van der Waals surface area (Å²) in [6.45, 7) is 0. The van der Waals surface area contributed by atoms with Gasteiger partial charge in [-0.15, -0.1) is 0 Å². The zero-order valence-electron chi connectivity index (χ0n) is 17.7. The smallest absolute Gasteiger partial charge is 0.330 e. The van der Waals surface area contributed by atoms with Crippen LogP contribution in [0.2, 0.25) is 0 Å². The number of aliphatic hydroxyl groups is 1. The standard InChI is InChI=1S/C25H25BrFNO4/c1-32-23(29)9-3-16-11-20(27)14-21(12-16)28(24(30)17-5-7-19(26)8-6-17)25(31)22-13-15-2-4-18(22)10-15/h3,5-9,11-12,14-15,18,22,24,30H,2,4,10,13H2,1H3/b9-3+. The topological polar surface area (TPSA) is 66.8 Å². The molecule has 2 saturated carbocycles. The van der Waals surface area contributed by atoms with Gasteiger partial charge in [0, 0.05) is 22.0 Å². The molecular weight excluding hydrogens is 477 g/mol. The summed E-state index contributed by atoms with van der Waals surface area (Å²) in [6.07, 6.45) is 5.34. The normalized spacial score (nSPS) is 22.8. The summed E-state index contributed by atoms with van der Waals surface area (Å²) in [6, 6.07) is 11.1. The van der Waals surface area contributed by atoms with Crippen LogP contribution in [0.4, 0.5) is 10.1 Å². The number of esters is 1. The van der Waals surface area contributed by atoms with Crippen molar-refractivity contribution in [1.82, 2.24) is 0 Å². The molecule has 1 amide bonds. The van der Waals surface area contributed by atoms with Crippen LogP contribution in [-0.2, 0) is 14.3 Å². The van der Waals surface area contributed by atoms with Gasteiger partial charge >= 0.3 is 5.97 Å². The number of hydrogen-bond donors (Lipinski definition) is 1. The van der Waals surface area contributed by atoms with Crippen LogP contribution in [0.3, 0.4) is 0 Å². The van der Waals surface area contributed by atoms with Crippen molar-refractivity contribution in [2.75, 3.05) is 12.0 Å². The monoisotopic (exact) mass is 501 g/mol. The lowest BCUT2D eigenvalue weighted by Crippen LogP contribution is -2.41. The van der Waals surface area contributed by atoms with Crippen molar-refractivity contribution < 1.29 is 23.8 Å². The van der Waals surface area contributed by atoms with Gasteiger partial charge in [0.05, 0.1) is 12.8 Å². The number of fused-ring (bicyclic) bond motifs is 2. The van der Waals surface area contributed by atoms with Crippen LogP contribution in [0.15, 0.2) is 53.0 Å². The lowest BCUT2D eigenvalue weighted by molar-refractivity contribution is -0.134. The van der Waals surface area contributed by atoms with E-state index < -0.39 is 18.0 Å². The summed E-state index contributed by atoms with van der Waals surface area (Å²) in [7, 11) is 1.26. The Labute approximate surface area is 195 Å². The van der Waals surface area contributed by atoms with Crippen molar-refractivity contribution >= 4 is 39.6 Å². The van der Waals surface area contributed by atoms with Gasteiger partial charge in [-0.3, -0.25) is 9.69 Å². The van der Waals surface area contributed by atoms with Crippen LogP contribution in [0.25, 0.3) is 6.08 Å². The molecule has 5 nitrogen and oxygen atoms in total. The average Bonchev–Trinajstić information content (AvgIpc) is 3.41. The van der Waals surface area contributed by atoms with Crippen LogP contribution in [0, 0.1) is 23.6 Å². The molecule has 0 aliphatic heterocycles. The minimum Gasteiger partial charge on any atom is -0.466 e. The zero-order valence-corrected chi connectivity index (χ0v) is 19.3. The Bertz CT molecular complexity index is 1040. The maximum Gasteiger partial charge on any atom is 0.330 e. The number of nitrogens with zero attached hydrogens (tertiary/aromatic N) is 1. The predicted molar refractivity (Wildman–Crippen MR) is 123 cm³/mol. The van der Waals surface area contributed by atoms with E-state index >= 15 is 0 Å². The first kappa shape index (κ1) is 22.7. The van der Waals surface area contributed by atoms with Crippen molar-refractivity contribution in [1.29, 1.82) is 0 Å². The highest BCUT2D eigenvalue weighted by Crippen LogP contribution is 2.49. The summed E-state index contributed by atoms with van der Waals surface area (Å²) >= 11 is 3.38. The van der Waals surface area contributed by atoms with Gasteiger partial charge in [-0.1, -0.05) is 34.5 Å². The highest BCUT2D eigenvalue weighted by Gasteiger charge is 2.45. The number of carbonyl (C=O) groups excluding carboxylic acids is 2. The molecule has 0 saturated heterocycles. The maximum atomic E-state index is 14.5. The first-order chi connectivity index (χ1) is 15.4. The lowest BCUT2D eigenvalue weighted by Gasteiger charge is -2.33. The number of anilines is 1. The summed E-state index contributed by atoms with van der Waals surface area (Å²) < 4.78 is 20.0. The van der Waals surface area contributed by atoms with Crippen molar-refractivity contribution in [3.63, 3.8) is 0 Å². The van der Waals surface area contributed by atoms with Crippen molar-refractivity contribution in [2.24, 2.45) is 17.8 Å².